The Balaban J connectivity index is 2.28. The molecule has 20 heavy (non-hydrogen) atoms. The van der Waals surface area contributed by atoms with Crippen LogP contribution in [0.5, 0.6) is 0 Å². The van der Waals surface area contributed by atoms with Gasteiger partial charge >= 0.3 is 0 Å². The summed E-state index contributed by atoms with van der Waals surface area (Å²) in [5.41, 5.74) is 2.60. The number of nitrogens with one attached hydrogen (secondary N) is 1. The van der Waals surface area contributed by atoms with Crippen LogP contribution >= 0.6 is 0 Å². The van der Waals surface area contributed by atoms with E-state index in [-0.39, 0.29) is 6.04 Å². The summed E-state index contributed by atoms with van der Waals surface area (Å²) in [6.45, 7) is 4.73. The molecule has 0 radical (unpaired) electrons. The molecule has 0 saturated heterocycles. The van der Waals surface area contributed by atoms with E-state index in [1.165, 1.54) is 12.1 Å². The molecule has 1 unspecified atom stereocenters. The Kier molecular flexibility index (Phi) is 4.49. The Bertz CT molecular complexity index is 573. The molecule has 1 aromatic carbocycles. The van der Waals surface area contributed by atoms with Gasteiger partial charge in [0.15, 0.2) is 0 Å². The average Bonchev–Trinajstić information content (AvgIpc) is 2.74. The van der Waals surface area contributed by atoms with E-state index in [1.807, 2.05) is 24.6 Å². The van der Waals surface area contributed by atoms with Crippen molar-refractivity contribution in [3.05, 3.63) is 52.9 Å². The summed E-state index contributed by atoms with van der Waals surface area (Å²) in [6.07, 6.45) is 0.633. The molecule has 1 N–H and O–H groups in total. The highest BCUT2D eigenvalue weighted by molar-refractivity contribution is 5.23. The molecule has 0 amide bonds. The van der Waals surface area contributed by atoms with Crippen LogP contribution in [0.25, 0.3) is 0 Å². The van der Waals surface area contributed by atoms with E-state index >= 15 is 0 Å². The van der Waals surface area contributed by atoms with E-state index in [0.717, 1.165) is 24.0 Å². The molecule has 108 valence electrons. The van der Waals surface area contributed by atoms with Crippen molar-refractivity contribution in [1.82, 2.24) is 15.1 Å². The van der Waals surface area contributed by atoms with E-state index in [0.29, 0.717) is 12.0 Å². The maximum Gasteiger partial charge on any atom is 0.126 e. The lowest BCUT2D eigenvalue weighted by molar-refractivity contribution is 0.527. The summed E-state index contributed by atoms with van der Waals surface area (Å²) < 4.78 is 28.6. The van der Waals surface area contributed by atoms with Gasteiger partial charge in [-0.15, -0.1) is 0 Å². The van der Waals surface area contributed by atoms with E-state index in [1.54, 1.807) is 7.05 Å². The SMILES string of the molecule is CCn1nc(C)cc1CC(NC)c1cc(F)cc(F)c1. The van der Waals surface area contributed by atoms with Gasteiger partial charge < -0.3 is 5.32 Å². The maximum absolute atomic E-state index is 13.3. The first-order valence-corrected chi connectivity index (χ1v) is 6.70. The van der Waals surface area contributed by atoms with Gasteiger partial charge in [-0.1, -0.05) is 0 Å². The van der Waals surface area contributed by atoms with Crippen LogP contribution in [0.2, 0.25) is 0 Å². The monoisotopic (exact) mass is 279 g/mol. The molecule has 0 spiro atoms. The summed E-state index contributed by atoms with van der Waals surface area (Å²) in [5, 5.41) is 7.49. The molecule has 0 aliphatic rings. The summed E-state index contributed by atoms with van der Waals surface area (Å²) in [7, 11) is 1.78. The molecule has 1 atom stereocenters. The Morgan fingerprint density at radius 3 is 2.40 bits per heavy atom. The zero-order valence-corrected chi connectivity index (χ0v) is 12.0. The summed E-state index contributed by atoms with van der Waals surface area (Å²) in [5.74, 6) is -1.11. The fourth-order valence-electron chi connectivity index (χ4n) is 2.41. The van der Waals surface area contributed by atoms with Crippen LogP contribution in [-0.4, -0.2) is 16.8 Å². The third-order valence-corrected chi connectivity index (χ3v) is 3.33. The van der Waals surface area contributed by atoms with Gasteiger partial charge in [0, 0.05) is 30.8 Å². The lowest BCUT2D eigenvalue weighted by Gasteiger charge is -2.17. The van der Waals surface area contributed by atoms with Gasteiger partial charge in [-0.3, -0.25) is 4.68 Å². The van der Waals surface area contributed by atoms with Crippen LogP contribution in [0.15, 0.2) is 24.3 Å². The summed E-state index contributed by atoms with van der Waals surface area (Å²) in [6, 6.07) is 5.47. The molecule has 1 heterocycles. The molecule has 5 heteroatoms. The molecular weight excluding hydrogens is 260 g/mol. The van der Waals surface area contributed by atoms with Gasteiger partial charge in [0.2, 0.25) is 0 Å². The third kappa shape index (κ3) is 3.22. The van der Waals surface area contributed by atoms with Gasteiger partial charge in [-0.25, -0.2) is 8.78 Å². The van der Waals surface area contributed by atoms with Crippen molar-refractivity contribution >= 4 is 0 Å². The summed E-state index contributed by atoms with van der Waals surface area (Å²) in [4.78, 5) is 0. The van der Waals surface area contributed by atoms with E-state index < -0.39 is 11.6 Å². The topological polar surface area (TPSA) is 29.9 Å². The van der Waals surface area contributed by atoms with Gasteiger partial charge in [0.05, 0.1) is 5.69 Å². The number of halogens is 2. The largest absolute Gasteiger partial charge is 0.313 e. The standard InChI is InChI=1S/C15H19F2N3/c1-4-20-14(5-10(2)19-20)9-15(18-3)11-6-12(16)8-13(17)7-11/h5-8,15,18H,4,9H2,1-3H3. The van der Waals surface area contributed by atoms with Crippen LogP contribution in [0.4, 0.5) is 8.78 Å². The Hall–Kier alpha value is -1.75. The average molecular weight is 279 g/mol. The third-order valence-electron chi connectivity index (χ3n) is 3.33. The zero-order valence-electron chi connectivity index (χ0n) is 12.0. The molecule has 0 fully saturated rings. The molecule has 0 aliphatic heterocycles. The molecule has 1 aromatic heterocycles. The molecular formula is C15H19F2N3. The zero-order chi connectivity index (χ0) is 14.7. The first-order chi connectivity index (χ1) is 9.53. The van der Waals surface area contributed by atoms with Crippen molar-refractivity contribution in [1.29, 1.82) is 0 Å². The van der Waals surface area contributed by atoms with Gasteiger partial charge in [-0.2, -0.15) is 5.10 Å². The number of hydrogen-bond acceptors (Lipinski definition) is 2. The van der Waals surface area contributed by atoms with Crippen LogP contribution in [-0.2, 0) is 13.0 Å². The number of rotatable bonds is 5. The first-order valence-electron chi connectivity index (χ1n) is 6.70. The Morgan fingerprint density at radius 2 is 1.85 bits per heavy atom. The quantitative estimate of drug-likeness (QED) is 0.912. The maximum atomic E-state index is 13.3. The molecule has 3 nitrogen and oxygen atoms in total. The highest BCUT2D eigenvalue weighted by Gasteiger charge is 2.15. The minimum absolute atomic E-state index is 0.151. The number of nitrogens with zero attached hydrogens (tertiary/aromatic N) is 2. The fraction of sp³-hybridized carbons (Fsp3) is 0.400. The van der Waals surface area contributed by atoms with Crippen molar-refractivity contribution in [3.63, 3.8) is 0 Å². The number of aryl methyl sites for hydroxylation is 2. The van der Waals surface area contributed by atoms with Crippen molar-refractivity contribution < 1.29 is 8.78 Å². The second-order valence-electron chi connectivity index (χ2n) is 4.84. The van der Waals surface area contributed by atoms with Crippen LogP contribution < -0.4 is 5.32 Å². The van der Waals surface area contributed by atoms with Crippen molar-refractivity contribution in [3.8, 4) is 0 Å². The van der Waals surface area contributed by atoms with Crippen LogP contribution in [0, 0.1) is 18.6 Å². The Labute approximate surface area is 117 Å². The molecule has 0 aliphatic carbocycles. The number of aromatic nitrogens is 2. The van der Waals surface area contributed by atoms with Crippen molar-refractivity contribution in [2.24, 2.45) is 0 Å². The lowest BCUT2D eigenvalue weighted by atomic mass is 10.0. The van der Waals surface area contributed by atoms with E-state index in [9.17, 15) is 8.78 Å². The predicted octanol–water partition coefficient (Wildman–Crippen LogP) is 2.99. The second-order valence-corrected chi connectivity index (χ2v) is 4.84. The predicted molar refractivity (Wildman–Crippen MR) is 74.5 cm³/mol. The van der Waals surface area contributed by atoms with Crippen LogP contribution in [0.3, 0.4) is 0 Å². The summed E-state index contributed by atoms with van der Waals surface area (Å²) >= 11 is 0. The van der Waals surface area contributed by atoms with Crippen LogP contribution in [0.1, 0.15) is 29.9 Å². The smallest absolute Gasteiger partial charge is 0.126 e. The Morgan fingerprint density at radius 1 is 1.20 bits per heavy atom. The van der Waals surface area contributed by atoms with Crippen molar-refractivity contribution in [2.75, 3.05) is 7.05 Å². The molecule has 2 aromatic rings. The molecule has 0 bridgehead atoms. The highest BCUT2D eigenvalue weighted by Crippen LogP contribution is 2.21. The number of benzene rings is 1. The van der Waals surface area contributed by atoms with Gasteiger partial charge in [0.1, 0.15) is 11.6 Å². The first kappa shape index (κ1) is 14.7. The minimum atomic E-state index is -0.555. The van der Waals surface area contributed by atoms with Gasteiger partial charge in [-0.05, 0) is 44.7 Å². The number of hydrogen-bond donors (Lipinski definition) is 1. The number of likely N-dealkylation sites (N-methyl/N-ethyl adjacent to an activating group) is 1. The second kappa shape index (κ2) is 6.13. The van der Waals surface area contributed by atoms with Gasteiger partial charge in [0.25, 0.3) is 0 Å². The molecule has 0 saturated carbocycles. The van der Waals surface area contributed by atoms with E-state index in [4.69, 9.17) is 0 Å². The fourth-order valence-corrected chi connectivity index (χ4v) is 2.41. The minimum Gasteiger partial charge on any atom is -0.313 e. The lowest BCUT2D eigenvalue weighted by Crippen LogP contribution is -2.21. The highest BCUT2D eigenvalue weighted by atomic mass is 19.1. The van der Waals surface area contributed by atoms with E-state index in [2.05, 4.69) is 10.4 Å². The normalized spacial score (nSPS) is 12.7. The molecule has 2 rings (SSSR count). The van der Waals surface area contributed by atoms with Crippen molar-refractivity contribution in [2.45, 2.75) is 32.9 Å².